The lowest BCUT2D eigenvalue weighted by Gasteiger charge is -1.97. The van der Waals surface area contributed by atoms with E-state index < -0.39 is 11.3 Å². The van der Waals surface area contributed by atoms with Gasteiger partial charge in [-0.2, -0.15) is 0 Å². The van der Waals surface area contributed by atoms with E-state index in [1.54, 1.807) is 48.5 Å². The van der Waals surface area contributed by atoms with E-state index in [1.165, 1.54) is 13.8 Å². The minimum atomic E-state index is -0.573. The summed E-state index contributed by atoms with van der Waals surface area (Å²) in [6.45, 7) is 2.70. The highest BCUT2D eigenvalue weighted by atomic mass is 16.4. The van der Waals surface area contributed by atoms with Crippen molar-refractivity contribution in [3.8, 4) is 0 Å². The van der Waals surface area contributed by atoms with Gasteiger partial charge in [-0.1, -0.05) is 36.4 Å². The third-order valence-electron chi connectivity index (χ3n) is 4.04. The highest BCUT2D eigenvalue weighted by Gasteiger charge is 2.09. The van der Waals surface area contributed by atoms with E-state index in [1.807, 2.05) is 12.1 Å². The Kier molecular flexibility index (Phi) is 5.31. The lowest BCUT2D eigenvalue weighted by molar-refractivity contribution is 0.100. The van der Waals surface area contributed by atoms with Crippen molar-refractivity contribution in [3.63, 3.8) is 0 Å². The molecule has 0 atom stereocenters. The van der Waals surface area contributed by atoms with Crippen LogP contribution in [0.15, 0.2) is 79.1 Å². The van der Waals surface area contributed by atoms with Crippen LogP contribution in [-0.2, 0) is 0 Å². The van der Waals surface area contributed by atoms with Crippen LogP contribution in [0.3, 0.4) is 0 Å². The topological polar surface area (TPSA) is 94.6 Å². The normalized spacial score (nSPS) is 10.4. The summed E-state index contributed by atoms with van der Waals surface area (Å²) in [7, 11) is 0. The van der Waals surface area contributed by atoms with Crippen molar-refractivity contribution in [1.29, 1.82) is 0 Å². The zero-order chi connectivity index (χ0) is 20.3. The van der Waals surface area contributed by atoms with E-state index in [0.717, 1.165) is 10.8 Å². The van der Waals surface area contributed by atoms with E-state index in [4.69, 9.17) is 8.83 Å². The Morgan fingerprint density at radius 3 is 1.36 bits per heavy atom. The van der Waals surface area contributed by atoms with E-state index in [2.05, 4.69) is 0 Å². The van der Waals surface area contributed by atoms with Crippen molar-refractivity contribution < 1.29 is 18.4 Å². The maximum atomic E-state index is 11.3. The van der Waals surface area contributed by atoms with Crippen molar-refractivity contribution in [3.05, 3.63) is 92.6 Å². The Balaban J connectivity index is 0.000000161. The predicted octanol–water partition coefficient (Wildman–Crippen LogP) is 3.99. The van der Waals surface area contributed by atoms with Crippen LogP contribution >= 0.6 is 0 Å². The third-order valence-corrected chi connectivity index (χ3v) is 4.04. The molecule has 2 aromatic carbocycles. The number of carbonyl (C=O) groups is 2. The number of hydrogen-bond donors (Lipinski definition) is 0. The number of rotatable bonds is 2. The summed E-state index contributed by atoms with van der Waals surface area (Å²) in [6.07, 6.45) is 0. The van der Waals surface area contributed by atoms with Crippen LogP contribution < -0.4 is 11.3 Å². The molecular formula is C22H16O6. The summed E-state index contributed by atoms with van der Waals surface area (Å²) in [5.74, 6) is -0.547. The molecule has 0 spiro atoms. The number of benzene rings is 2. The monoisotopic (exact) mass is 376 g/mol. The largest absolute Gasteiger partial charge is 0.422 e. The summed E-state index contributed by atoms with van der Waals surface area (Å²) in [6, 6.07) is 17.3. The van der Waals surface area contributed by atoms with E-state index in [0.29, 0.717) is 11.2 Å². The number of para-hydroxylation sites is 2. The molecule has 0 unspecified atom stereocenters. The van der Waals surface area contributed by atoms with Crippen LogP contribution in [0.1, 0.15) is 34.6 Å². The van der Waals surface area contributed by atoms with Gasteiger partial charge < -0.3 is 8.83 Å². The average Bonchev–Trinajstić information content (AvgIpc) is 2.67. The summed E-state index contributed by atoms with van der Waals surface area (Å²) in [5, 5.41) is 1.52. The van der Waals surface area contributed by atoms with Crippen LogP contribution in [0.25, 0.3) is 21.9 Å². The van der Waals surface area contributed by atoms with Crippen LogP contribution in [-0.4, -0.2) is 11.6 Å². The van der Waals surface area contributed by atoms with Gasteiger partial charge in [-0.3, -0.25) is 9.59 Å². The molecule has 0 saturated carbocycles. The highest BCUT2D eigenvalue weighted by molar-refractivity contribution is 5.97. The molecule has 2 aromatic heterocycles. The van der Waals surface area contributed by atoms with Gasteiger partial charge in [0.05, 0.1) is 0 Å². The second-order valence-corrected chi connectivity index (χ2v) is 6.08. The van der Waals surface area contributed by atoms with Crippen LogP contribution in [0, 0.1) is 0 Å². The maximum Gasteiger partial charge on any atom is 0.347 e. The molecule has 2 heterocycles. The van der Waals surface area contributed by atoms with Gasteiger partial charge >= 0.3 is 11.3 Å². The first-order valence-electron chi connectivity index (χ1n) is 8.44. The first kappa shape index (κ1) is 19.0. The van der Waals surface area contributed by atoms with E-state index in [-0.39, 0.29) is 22.7 Å². The first-order valence-corrected chi connectivity index (χ1v) is 8.44. The Bertz CT molecular complexity index is 1210. The molecule has 6 nitrogen and oxygen atoms in total. The van der Waals surface area contributed by atoms with E-state index in [9.17, 15) is 19.2 Å². The van der Waals surface area contributed by atoms with Gasteiger partial charge in [0, 0.05) is 10.8 Å². The van der Waals surface area contributed by atoms with Gasteiger partial charge in [0.2, 0.25) is 0 Å². The molecule has 0 amide bonds. The average molecular weight is 376 g/mol. The number of Topliss-reactive ketones (excluding diaryl/α,β-unsaturated/α-hetero) is 2. The minimum Gasteiger partial charge on any atom is -0.422 e. The number of carbonyl (C=O) groups excluding carboxylic acids is 2. The minimum absolute atomic E-state index is 0.101. The fourth-order valence-corrected chi connectivity index (χ4v) is 2.61. The molecule has 28 heavy (non-hydrogen) atoms. The summed E-state index contributed by atoms with van der Waals surface area (Å²) >= 11 is 0. The molecule has 0 bridgehead atoms. The van der Waals surface area contributed by atoms with Crippen molar-refractivity contribution in [2.24, 2.45) is 0 Å². The molecule has 0 N–H and O–H groups in total. The van der Waals surface area contributed by atoms with Crippen LogP contribution in [0.4, 0.5) is 0 Å². The van der Waals surface area contributed by atoms with Crippen molar-refractivity contribution in [2.45, 2.75) is 13.8 Å². The molecule has 4 aromatic rings. The summed E-state index contributed by atoms with van der Waals surface area (Å²) in [4.78, 5) is 44.7. The number of ketones is 2. The van der Waals surface area contributed by atoms with Gasteiger partial charge in [0.1, 0.15) is 22.3 Å². The fraction of sp³-hybridized carbons (Fsp3) is 0.0909. The molecular weight excluding hydrogens is 360 g/mol. The Labute approximate surface area is 159 Å². The molecule has 0 saturated heterocycles. The molecule has 0 aliphatic rings. The lowest BCUT2D eigenvalue weighted by Crippen LogP contribution is -2.10. The zero-order valence-corrected chi connectivity index (χ0v) is 15.2. The van der Waals surface area contributed by atoms with Crippen molar-refractivity contribution >= 4 is 33.5 Å². The molecule has 0 radical (unpaired) electrons. The maximum absolute atomic E-state index is 11.3. The predicted molar refractivity (Wildman–Crippen MR) is 105 cm³/mol. The number of fused-ring (bicyclic) bond motifs is 2. The second-order valence-electron chi connectivity index (χ2n) is 6.08. The first-order chi connectivity index (χ1) is 13.4. The smallest absolute Gasteiger partial charge is 0.347 e. The summed E-state index contributed by atoms with van der Waals surface area (Å²) in [5.41, 5.74) is 0.0600. The second kappa shape index (κ2) is 7.84. The molecule has 0 fully saturated rings. The third kappa shape index (κ3) is 3.96. The van der Waals surface area contributed by atoms with Crippen molar-refractivity contribution in [1.82, 2.24) is 0 Å². The summed E-state index contributed by atoms with van der Waals surface area (Å²) < 4.78 is 9.96. The molecule has 0 aliphatic carbocycles. The fourth-order valence-electron chi connectivity index (χ4n) is 2.61. The van der Waals surface area contributed by atoms with Gasteiger partial charge in [0.25, 0.3) is 0 Å². The molecule has 0 aliphatic heterocycles. The van der Waals surface area contributed by atoms with Crippen LogP contribution in [0.5, 0.6) is 0 Å². The Morgan fingerprint density at radius 1 is 0.643 bits per heavy atom. The highest BCUT2D eigenvalue weighted by Crippen LogP contribution is 2.13. The van der Waals surface area contributed by atoms with Gasteiger partial charge in [0.15, 0.2) is 11.6 Å². The molecule has 4 rings (SSSR count). The quantitative estimate of drug-likeness (QED) is 0.388. The molecule has 140 valence electrons. The van der Waals surface area contributed by atoms with Crippen molar-refractivity contribution in [2.75, 3.05) is 0 Å². The Morgan fingerprint density at radius 2 is 1.00 bits per heavy atom. The lowest BCUT2D eigenvalue weighted by atomic mass is 10.1. The van der Waals surface area contributed by atoms with Gasteiger partial charge in [-0.15, -0.1) is 0 Å². The molecule has 6 heteroatoms. The van der Waals surface area contributed by atoms with Gasteiger partial charge in [-0.05, 0) is 38.1 Å². The SMILES string of the molecule is CC(=O)c1cc2ccccc2oc1=O.CC(=O)c1cc2ccccc2oc1=O. The standard InChI is InChI=1S/2C11H8O3/c2*1-7(12)9-6-8-4-2-3-5-10(8)14-11(9)13/h2*2-6H,1H3. The van der Waals surface area contributed by atoms with Crippen LogP contribution in [0.2, 0.25) is 0 Å². The zero-order valence-electron chi connectivity index (χ0n) is 15.2. The Hall–Kier alpha value is -3.80. The van der Waals surface area contributed by atoms with Gasteiger partial charge in [-0.25, -0.2) is 9.59 Å². The number of hydrogen-bond acceptors (Lipinski definition) is 6. The van der Waals surface area contributed by atoms with E-state index >= 15 is 0 Å².